The molecule has 1 saturated heterocycles. The van der Waals surface area contributed by atoms with Crippen LogP contribution in [-0.4, -0.2) is 86.2 Å². The fraction of sp³-hybridized carbons (Fsp3) is 0.939. The van der Waals surface area contributed by atoms with Crippen molar-refractivity contribution in [3.05, 3.63) is 0 Å². The van der Waals surface area contributed by atoms with Crippen molar-refractivity contribution in [2.75, 3.05) is 53.0 Å². The molecular formula is C49H95N3O5. The van der Waals surface area contributed by atoms with Crippen molar-refractivity contribution in [3.8, 4) is 0 Å². The first kappa shape index (κ1) is 53.3. The number of piperazine rings is 1. The molecule has 1 aliphatic rings. The van der Waals surface area contributed by atoms with E-state index in [2.05, 4.69) is 84.5 Å². The lowest BCUT2D eigenvalue weighted by Gasteiger charge is -2.35. The number of carbonyl (C=O) groups is 3. The topological polar surface area (TPSA) is 88.2 Å². The Morgan fingerprint density at radius 1 is 0.544 bits per heavy atom. The van der Waals surface area contributed by atoms with Gasteiger partial charge in [-0.05, 0) is 88.0 Å². The van der Waals surface area contributed by atoms with Gasteiger partial charge in [0.2, 0.25) is 5.91 Å². The van der Waals surface area contributed by atoms with Crippen LogP contribution in [0.5, 0.6) is 0 Å². The quantitative estimate of drug-likeness (QED) is 0.0504. The Morgan fingerprint density at radius 3 is 1.28 bits per heavy atom. The van der Waals surface area contributed by atoms with E-state index in [0.717, 1.165) is 103 Å². The molecule has 8 heteroatoms. The molecule has 1 aliphatic heterocycles. The summed E-state index contributed by atoms with van der Waals surface area (Å²) < 4.78 is 11.3. The monoisotopic (exact) mass is 806 g/mol. The van der Waals surface area contributed by atoms with Crippen molar-refractivity contribution in [2.24, 2.45) is 35.5 Å². The minimum absolute atomic E-state index is 0.0314. The summed E-state index contributed by atoms with van der Waals surface area (Å²) in [6.07, 6.45) is 23.5. The molecule has 1 fully saturated rings. The van der Waals surface area contributed by atoms with Gasteiger partial charge in [-0.15, -0.1) is 0 Å². The van der Waals surface area contributed by atoms with Crippen molar-refractivity contribution in [1.29, 1.82) is 0 Å². The number of rotatable bonds is 35. The highest BCUT2D eigenvalue weighted by Crippen LogP contribution is 2.25. The highest BCUT2D eigenvalue weighted by atomic mass is 16.5. The Labute approximate surface area is 353 Å². The van der Waals surface area contributed by atoms with E-state index in [1.165, 1.54) is 51.4 Å². The zero-order valence-corrected chi connectivity index (χ0v) is 39.4. The van der Waals surface area contributed by atoms with Gasteiger partial charge in [0.25, 0.3) is 0 Å². The fourth-order valence-corrected chi connectivity index (χ4v) is 8.03. The van der Waals surface area contributed by atoms with Gasteiger partial charge in [0.05, 0.1) is 19.8 Å². The molecule has 0 aromatic rings. The molecule has 0 spiro atoms. The van der Waals surface area contributed by atoms with Crippen LogP contribution < -0.4 is 5.32 Å². The summed E-state index contributed by atoms with van der Waals surface area (Å²) in [5, 5.41) is 3.50. The molecule has 0 aromatic carbocycles. The number of amides is 1. The third-order valence-corrected chi connectivity index (χ3v) is 12.7. The number of likely N-dealkylation sites (N-methyl/N-ethyl adjacent to an activating group) is 1. The predicted molar refractivity (Wildman–Crippen MR) is 240 cm³/mol. The highest BCUT2D eigenvalue weighted by Gasteiger charge is 2.27. The van der Waals surface area contributed by atoms with Crippen LogP contribution in [0.2, 0.25) is 0 Å². The fourth-order valence-electron chi connectivity index (χ4n) is 8.03. The van der Waals surface area contributed by atoms with E-state index in [9.17, 15) is 14.4 Å². The normalized spacial score (nSPS) is 16.3. The Morgan fingerprint density at radius 2 is 0.912 bits per heavy atom. The van der Waals surface area contributed by atoms with Gasteiger partial charge in [0, 0.05) is 44.6 Å². The lowest BCUT2D eigenvalue weighted by molar-refractivity contribution is -0.146. The van der Waals surface area contributed by atoms with E-state index in [-0.39, 0.29) is 23.4 Å². The molecule has 2 atom stereocenters. The first-order valence-electron chi connectivity index (χ1n) is 24.1. The van der Waals surface area contributed by atoms with Gasteiger partial charge in [-0.1, -0.05) is 145 Å². The molecule has 1 heterocycles. The van der Waals surface area contributed by atoms with Crippen molar-refractivity contribution in [1.82, 2.24) is 15.1 Å². The van der Waals surface area contributed by atoms with Crippen LogP contribution in [0.4, 0.5) is 0 Å². The summed E-state index contributed by atoms with van der Waals surface area (Å²) in [4.78, 5) is 42.6. The molecule has 0 radical (unpaired) electrons. The van der Waals surface area contributed by atoms with E-state index in [4.69, 9.17) is 9.47 Å². The van der Waals surface area contributed by atoms with Gasteiger partial charge in [0.1, 0.15) is 0 Å². The number of carbonyl (C=O) groups excluding carboxylic acids is 3. The number of nitrogens with one attached hydrogen (secondary N) is 1. The summed E-state index contributed by atoms with van der Waals surface area (Å²) in [5.41, 5.74) is -0.170. The van der Waals surface area contributed by atoms with Crippen LogP contribution in [0, 0.1) is 35.5 Å². The maximum atomic E-state index is 13.3. The molecule has 0 aliphatic carbocycles. The first-order valence-corrected chi connectivity index (χ1v) is 24.1. The second kappa shape index (κ2) is 32.1. The second-order valence-electron chi connectivity index (χ2n) is 20.0. The largest absolute Gasteiger partial charge is 0.465 e. The van der Waals surface area contributed by atoms with Crippen molar-refractivity contribution in [3.63, 3.8) is 0 Å². The van der Waals surface area contributed by atoms with Crippen LogP contribution in [-0.2, 0) is 23.9 Å². The first-order chi connectivity index (χ1) is 27.1. The Kier molecular flexibility index (Phi) is 30.1. The van der Waals surface area contributed by atoms with Gasteiger partial charge in [-0.3, -0.25) is 19.3 Å². The van der Waals surface area contributed by atoms with Gasteiger partial charge in [-0.25, -0.2) is 0 Å². The van der Waals surface area contributed by atoms with Crippen LogP contribution in [0.15, 0.2) is 0 Å². The summed E-state index contributed by atoms with van der Waals surface area (Å²) in [7, 11) is 2.15. The zero-order chi connectivity index (χ0) is 42.5. The van der Waals surface area contributed by atoms with E-state index < -0.39 is 0 Å². The molecule has 2 unspecified atom stereocenters. The zero-order valence-electron chi connectivity index (χ0n) is 39.4. The standard InChI is InChI=1S/C49H95N3O5/c1-40(2)27-29-44(42(5)6)38-56-47(54)25-21-17-13-11-15-19-23-31-49(9,50-46(53)37-52-35-33-51(10)34-36-52)32-24-20-16-12-14-18-22-26-48(55)57-39-45(43(7)8)30-28-41(3)4/h40-45H,11-39H2,1-10H3,(H,50,53). The third-order valence-electron chi connectivity index (χ3n) is 12.7. The van der Waals surface area contributed by atoms with Crippen molar-refractivity contribution in [2.45, 2.75) is 209 Å². The molecule has 0 aromatic heterocycles. The smallest absolute Gasteiger partial charge is 0.305 e. The molecular weight excluding hydrogens is 711 g/mol. The van der Waals surface area contributed by atoms with Crippen molar-refractivity contribution < 1.29 is 23.9 Å². The second-order valence-corrected chi connectivity index (χ2v) is 20.0. The van der Waals surface area contributed by atoms with E-state index in [1.807, 2.05) is 0 Å². The van der Waals surface area contributed by atoms with Crippen LogP contribution in [0.1, 0.15) is 204 Å². The molecule has 1 rings (SSSR count). The maximum absolute atomic E-state index is 13.3. The molecule has 8 nitrogen and oxygen atoms in total. The van der Waals surface area contributed by atoms with Gasteiger partial charge >= 0.3 is 11.9 Å². The number of nitrogens with zero attached hydrogens (tertiary/aromatic N) is 2. The Balaban J connectivity index is 2.34. The minimum Gasteiger partial charge on any atom is -0.465 e. The van der Waals surface area contributed by atoms with Gasteiger partial charge < -0.3 is 19.7 Å². The Hall–Kier alpha value is -1.67. The summed E-state index contributed by atoms with van der Waals surface area (Å²) in [6, 6.07) is 0. The van der Waals surface area contributed by atoms with E-state index >= 15 is 0 Å². The van der Waals surface area contributed by atoms with Gasteiger partial charge in [-0.2, -0.15) is 0 Å². The maximum Gasteiger partial charge on any atom is 0.305 e. The third kappa shape index (κ3) is 29.2. The lowest BCUT2D eigenvalue weighted by atomic mass is 9.87. The number of ether oxygens (including phenoxy) is 2. The number of esters is 2. The van der Waals surface area contributed by atoms with Crippen LogP contribution >= 0.6 is 0 Å². The SMILES string of the molecule is CC(C)CCC(COC(=O)CCCCCCCCCC(C)(CCCCCCCCCC(=O)OCC(CCC(C)C)C(C)C)NC(=O)CN1CCN(C)CC1)C(C)C. The molecule has 57 heavy (non-hydrogen) atoms. The summed E-state index contributed by atoms with van der Waals surface area (Å²) in [6.45, 7) is 25.8. The summed E-state index contributed by atoms with van der Waals surface area (Å²) >= 11 is 0. The van der Waals surface area contributed by atoms with Crippen LogP contribution in [0.25, 0.3) is 0 Å². The molecule has 0 saturated carbocycles. The van der Waals surface area contributed by atoms with Crippen molar-refractivity contribution >= 4 is 17.8 Å². The average molecular weight is 806 g/mol. The predicted octanol–water partition coefficient (Wildman–Crippen LogP) is 11.6. The van der Waals surface area contributed by atoms with Gasteiger partial charge in [0.15, 0.2) is 0 Å². The van der Waals surface area contributed by atoms with E-state index in [0.29, 0.717) is 68.1 Å². The summed E-state index contributed by atoms with van der Waals surface area (Å²) in [5.74, 6) is 3.48. The Bertz CT molecular complexity index is 964. The lowest BCUT2D eigenvalue weighted by Crippen LogP contribution is -2.52. The van der Waals surface area contributed by atoms with Crippen LogP contribution in [0.3, 0.4) is 0 Å². The molecule has 1 N–H and O–H groups in total. The minimum atomic E-state index is -0.170. The average Bonchev–Trinajstić information content (AvgIpc) is 3.13. The highest BCUT2D eigenvalue weighted by molar-refractivity contribution is 5.78. The number of hydrogen-bond donors (Lipinski definition) is 1. The molecule has 336 valence electrons. The number of unbranched alkanes of at least 4 members (excludes halogenated alkanes) is 12. The molecule has 1 amide bonds. The molecule has 0 bridgehead atoms. The van der Waals surface area contributed by atoms with E-state index in [1.54, 1.807) is 0 Å². The number of hydrogen-bond acceptors (Lipinski definition) is 7.